The Hall–Kier alpha value is 0. The van der Waals surface area contributed by atoms with Crippen LogP contribution in [0.5, 0.6) is 0 Å². The van der Waals surface area contributed by atoms with Crippen LogP contribution in [0.4, 0.5) is 0 Å². The van der Waals surface area contributed by atoms with Crippen LogP contribution in [0.1, 0.15) is 32.6 Å². The van der Waals surface area contributed by atoms with Crippen LogP contribution in [0.2, 0.25) is 0 Å². The minimum absolute atomic E-state index is 0.980. The van der Waals surface area contributed by atoms with Gasteiger partial charge in [-0.3, -0.25) is 0 Å². The Morgan fingerprint density at radius 3 is 2.71 bits per heavy atom. The Kier molecular flexibility index (Phi) is 1.72. The summed E-state index contributed by atoms with van der Waals surface area (Å²) in [6, 6.07) is 0. The van der Waals surface area contributed by atoms with E-state index in [0.29, 0.717) is 0 Å². The maximum atomic E-state index is 2.41. The third-order valence-electron chi connectivity index (χ3n) is 1.67. The number of hydrogen-bond donors (Lipinski definition) is 0. The van der Waals surface area contributed by atoms with Crippen molar-refractivity contribution in [3.05, 3.63) is 6.42 Å². The van der Waals surface area contributed by atoms with Gasteiger partial charge in [0.1, 0.15) is 0 Å². The summed E-state index contributed by atoms with van der Waals surface area (Å²) < 4.78 is 0. The van der Waals surface area contributed by atoms with Crippen molar-refractivity contribution < 1.29 is 0 Å². The molecule has 0 nitrogen and oxygen atoms in total. The largest absolute Gasteiger partial charge is 0.0625 e. The predicted octanol–water partition coefficient (Wildman–Crippen LogP) is 2.40. The summed E-state index contributed by atoms with van der Waals surface area (Å²) in [6.45, 7) is 2.33. The van der Waals surface area contributed by atoms with E-state index in [9.17, 15) is 0 Å². The average Bonchev–Trinajstić information content (AvgIpc) is 1.69. The lowest BCUT2D eigenvalue weighted by Crippen LogP contribution is -2.00. The highest BCUT2D eigenvalue weighted by Gasteiger charge is 2.06. The highest BCUT2D eigenvalue weighted by atomic mass is 14.1. The lowest BCUT2D eigenvalue weighted by atomic mass is 9.91. The highest BCUT2D eigenvalue weighted by molar-refractivity contribution is 4.74. The van der Waals surface area contributed by atoms with Gasteiger partial charge in [0.25, 0.3) is 0 Å². The quantitative estimate of drug-likeness (QED) is 0.435. The van der Waals surface area contributed by atoms with Crippen molar-refractivity contribution >= 4 is 0 Å². The van der Waals surface area contributed by atoms with Crippen molar-refractivity contribution in [1.29, 1.82) is 0 Å². The zero-order valence-electron chi connectivity index (χ0n) is 4.98. The Bertz CT molecular complexity index is 42.0. The van der Waals surface area contributed by atoms with Gasteiger partial charge in [-0.15, -0.1) is 0 Å². The molecule has 7 heavy (non-hydrogen) atoms. The Balaban J connectivity index is 2.12. The fourth-order valence-electron chi connectivity index (χ4n) is 1.13. The third-order valence-corrected chi connectivity index (χ3v) is 1.67. The molecule has 0 aromatic carbocycles. The molecule has 0 heterocycles. The molecular formula is C7H13. The minimum atomic E-state index is 0.980. The first-order chi connectivity index (χ1) is 3.39. The minimum Gasteiger partial charge on any atom is -0.0625 e. The van der Waals surface area contributed by atoms with Crippen LogP contribution in [0.15, 0.2) is 0 Å². The van der Waals surface area contributed by atoms with Gasteiger partial charge in [-0.25, -0.2) is 0 Å². The molecule has 1 aliphatic carbocycles. The highest BCUT2D eigenvalue weighted by Crippen LogP contribution is 2.21. The topological polar surface area (TPSA) is 0 Å². The van der Waals surface area contributed by atoms with Gasteiger partial charge in [-0.05, 0) is 18.8 Å². The van der Waals surface area contributed by atoms with Gasteiger partial charge in [-0.2, -0.15) is 0 Å². The van der Waals surface area contributed by atoms with Crippen LogP contribution in [0.3, 0.4) is 0 Å². The van der Waals surface area contributed by atoms with E-state index in [1.807, 2.05) is 0 Å². The summed E-state index contributed by atoms with van der Waals surface area (Å²) in [5, 5.41) is 0. The Morgan fingerprint density at radius 1 is 1.57 bits per heavy atom. The van der Waals surface area contributed by atoms with Crippen LogP contribution in [-0.4, -0.2) is 0 Å². The molecule has 1 fully saturated rings. The first-order valence-electron chi connectivity index (χ1n) is 3.21. The molecule has 0 amide bonds. The van der Waals surface area contributed by atoms with Gasteiger partial charge < -0.3 is 0 Å². The number of hydrogen-bond acceptors (Lipinski definition) is 0. The van der Waals surface area contributed by atoms with Crippen LogP contribution < -0.4 is 0 Å². The normalized spacial score (nSPS) is 25.3. The van der Waals surface area contributed by atoms with E-state index in [0.717, 1.165) is 5.92 Å². The summed E-state index contributed by atoms with van der Waals surface area (Å²) in [7, 11) is 0. The monoisotopic (exact) mass is 97.1 g/mol. The summed E-state index contributed by atoms with van der Waals surface area (Å²) in [6.07, 6.45) is 8.02. The summed E-state index contributed by atoms with van der Waals surface area (Å²) in [5.74, 6) is 0.980. The van der Waals surface area contributed by atoms with E-state index in [1.54, 1.807) is 0 Å². The van der Waals surface area contributed by atoms with Gasteiger partial charge in [-0.1, -0.05) is 26.2 Å². The number of rotatable bonds is 0. The van der Waals surface area contributed by atoms with Crippen LogP contribution in [-0.2, 0) is 0 Å². The van der Waals surface area contributed by atoms with Crippen LogP contribution in [0.25, 0.3) is 0 Å². The zero-order valence-corrected chi connectivity index (χ0v) is 4.98. The van der Waals surface area contributed by atoms with E-state index in [1.165, 1.54) is 25.7 Å². The molecule has 0 spiro atoms. The lowest BCUT2D eigenvalue weighted by molar-refractivity contribution is 0.448. The van der Waals surface area contributed by atoms with Gasteiger partial charge in [0.2, 0.25) is 0 Å². The summed E-state index contributed by atoms with van der Waals surface area (Å²) >= 11 is 0. The van der Waals surface area contributed by atoms with E-state index in [4.69, 9.17) is 0 Å². The second kappa shape index (κ2) is 2.34. The standard InChI is InChI=1S/C7H13/c1-7-5-3-2-4-6-7/h3,7H,2,4-6H2,1H3/t7-/m0/s1. The van der Waals surface area contributed by atoms with Crippen molar-refractivity contribution in [2.75, 3.05) is 0 Å². The average molecular weight is 97.2 g/mol. The molecular weight excluding hydrogens is 84.1 g/mol. The molecule has 0 aromatic heterocycles. The fraction of sp³-hybridized carbons (Fsp3) is 0.857. The van der Waals surface area contributed by atoms with Crippen molar-refractivity contribution in [2.24, 2.45) is 5.92 Å². The Labute approximate surface area is 45.9 Å². The molecule has 1 aliphatic rings. The lowest BCUT2D eigenvalue weighted by Gasteiger charge is -2.15. The Morgan fingerprint density at radius 2 is 2.43 bits per heavy atom. The van der Waals surface area contributed by atoms with E-state index < -0.39 is 0 Å². The van der Waals surface area contributed by atoms with Gasteiger partial charge in [0, 0.05) is 0 Å². The molecule has 1 radical (unpaired) electrons. The first-order valence-corrected chi connectivity index (χ1v) is 3.21. The van der Waals surface area contributed by atoms with Crippen molar-refractivity contribution in [1.82, 2.24) is 0 Å². The maximum Gasteiger partial charge on any atom is -0.0383 e. The molecule has 0 heteroatoms. The molecule has 0 saturated heterocycles. The summed E-state index contributed by atoms with van der Waals surface area (Å²) in [5.41, 5.74) is 0. The molecule has 1 saturated carbocycles. The van der Waals surface area contributed by atoms with Crippen LogP contribution >= 0.6 is 0 Å². The molecule has 0 aromatic rings. The van der Waals surface area contributed by atoms with Crippen molar-refractivity contribution in [3.63, 3.8) is 0 Å². The van der Waals surface area contributed by atoms with Gasteiger partial charge in [0.05, 0.1) is 0 Å². The second-order valence-corrected chi connectivity index (χ2v) is 2.56. The molecule has 0 aliphatic heterocycles. The maximum absolute atomic E-state index is 2.41. The van der Waals surface area contributed by atoms with Crippen molar-refractivity contribution in [3.8, 4) is 0 Å². The van der Waals surface area contributed by atoms with E-state index in [-0.39, 0.29) is 0 Å². The third kappa shape index (κ3) is 1.50. The molecule has 0 N–H and O–H groups in total. The molecule has 0 bridgehead atoms. The first kappa shape index (κ1) is 5.14. The van der Waals surface area contributed by atoms with E-state index >= 15 is 0 Å². The zero-order chi connectivity index (χ0) is 5.11. The molecule has 1 atom stereocenters. The fourth-order valence-corrected chi connectivity index (χ4v) is 1.13. The van der Waals surface area contributed by atoms with E-state index in [2.05, 4.69) is 13.3 Å². The smallest absolute Gasteiger partial charge is 0.0383 e. The second-order valence-electron chi connectivity index (χ2n) is 2.56. The molecule has 0 unspecified atom stereocenters. The molecule has 41 valence electrons. The van der Waals surface area contributed by atoms with Crippen LogP contribution in [0, 0.1) is 12.3 Å². The van der Waals surface area contributed by atoms with Crippen molar-refractivity contribution in [2.45, 2.75) is 32.6 Å². The molecule has 1 rings (SSSR count). The van der Waals surface area contributed by atoms with Gasteiger partial charge in [0.15, 0.2) is 0 Å². The SMILES string of the molecule is C[C@H]1C[CH]CCC1. The summed E-state index contributed by atoms with van der Waals surface area (Å²) in [4.78, 5) is 0. The predicted molar refractivity (Wildman–Crippen MR) is 31.9 cm³/mol. The van der Waals surface area contributed by atoms with Gasteiger partial charge >= 0.3 is 0 Å².